The van der Waals surface area contributed by atoms with Crippen molar-refractivity contribution in [1.29, 1.82) is 0 Å². The summed E-state index contributed by atoms with van der Waals surface area (Å²) >= 11 is 6.01. The van der Waals surface area contributed by atoms with Gasteiger partial charge in [-0.1, -0.05) is 36.7 Å². The lowest BCUT2D eigenvalue weighted by Crippen LogP contribution is -2.12. The van der Waals surface area contributed by atoms with Crippen LogP contribution in [0.3, 0.4) is 0 Å². The van der Waals surface area contributed by atoms with Crippen molar-refractivity contribution >= 4 is 17.3 Å². The third-order valence-electron chi connectivity index (χ3n) is 3.18. The van der Waals surface area contributed by atoms with Crippen molar-refractivity contribution in [3.05, 3.63) is 58.9 Å². The summed E-state index contributed by atoms with van der Waals surface area (Å²) in [6, 6.07) is 12.0. The SMILES string of the molecule is CCC(Nc1cc(Cl)ccc1OC)c1ccccc1F. The first-order chi connectivity index (χ1) is 9.65. The summed E-state index contributed by atoms with van der Waals surface area (Å²) in [6.07, 6.45) is 0.747. The largest absolute Gasteiger partial charge is 0.495 e. The Bertz CT molecular complexity index is 588. The molecule has 0 aliphatic rings. The van der Waals surface area contributed by atoms with E-state index in [2.05, 4.69) is 5.32 Å². The van der Waals surface area contributed by atoms with Gasteiger partial charge in [-0.2, -0.15) is 0 Å². The topological polar surface area (TPSA) is 21.3 Å². The molecule has 0 spiro atoms. The number of nitrogens with one attached hydrogen (secondary N) is 1. The van der Waals surface area contributed by atoms with Gasteiger partial charge in [-0.25, -0.2) is 4.39 Å². The lowest BCUT2D eigenvalue weighted by molar-refractivity contribution is 0.416. The van der Waals surface area contributed by atoms with Crippen LogP contribution >= 0.6 is 11.6 Å². The van der Waals surface area contributed by atoms with Gasteiger partial charge in [0, 0.05) is 10.6 Å². The summed E-state index contributed by atoms with van der Waals surface area (Å²) in [6.45, 7) is 2.00. The van der Waals surface area contributed by atoms with Gasteiger partial charge in [0.15, 0.2) is 0 Å². The molecule has 2 rings (SSSR count). The number of methoxy groups -OCH3 is 1. The molecule has 0 aliphatic heterocycles. The normalized spacial score (nSPS) is 12.0. The first kappa shape index (κ1) is 14.7. The van der Waals surface area contributed by atoms with Gasteiger partial charge in [0.25, 0.3) is 0 Å². The average Bonchev–Trinajstić information content (AvgIpc) is 2.46. The Hall–Kier alpha value is -1.74. The van der Waals surface area contributed by atoms with Crippen LogP contribution in [0.4, 0.5) is 10.1 Å². The van der Waals surface area contributed by atoms with Gasteiger partial charge in [-0.3, -0.25) is 0 Å². The van der Waals surface area contributed by atoms with E-state index in [1.165, 1.54) is 6.07 Å². The van der Waals surface area contributed by atoms with Crippen molar-refractivity contribution in [3.8, 4) is 5.75 Å². The predicted octanol–water partition coefficient (Wildman–Crippen LogP) is 5.05. The predicted molar refractivity (Wildman–Crippen MR) is 81.1 cm³/mol. The van der Waals surface area contributed by atoms with Crippen LogP contribution in [0.5, 0.6) is 5.75 Å². The molecule has 2 nitrogen and oxygen atoms in total. The minimum absolute atomic E-state index is 0.136. The van der Waals surface area contributed by atoms with Crippen molar-refractivity contribution in [2.45, 2.75) is 19.4 Å². The quantitative estimate of drug-likeness (QED) is 0.833. The Morgan fingerprint density at radius 3 is 2.65 bits per heavy atom. The maximum atomic E-state index is 13.9. The minimum atomic E-state index is -0.215. The standard InChI is InChI=1S/C16H17ClFNO/c1-3-14(12-6-4-5-7-13(12)18)19-15-10-11(17)8-9-16(15)20-2/h4-10,14,19H,3H2,1-2H3. The summed E-state index contributed by atoms with van der Waals surface area (Å²) in [7, 11) is 1.60. The van der Waals surface area contributed by atoms with Crippen molar-refractivity contribution in [1.82, 2.24) is 0 Å². The van der Waals surface area contributed by atoms with E-state index in [9.17, 15) is 4.39 Å². The number of ether oxygens (including phenoxy) is 1. The molecule has 2 aromatic rings. The molecule has 20 heavy (non-hydrogen) atoms. The maximum Gasteiger partial charge on any atom is 0.142 e. The van der Waals surface area contributed by atoms with E-state index in [-0.39, 0.29) is 11.9 Å². The highest BCUT2D eigenvalue weighted by atomic mass is 35.5. The molecular weight excluding hydrogens is 277 g/mol. The first-order valence-electron chi connectivity index (χ1n) is 6.50. The minimum Gasteiger partial charge on any atom is -0.495 e. The van der Waals surface area contributed by atoms with Crippen LogP contribution in [0.2, 0.25) is 5.02 Å². The molecule has 1 atom stereocenters. The van der Waals surface area contributed by atoms with Crippen LogP contribution in [0, 0.1) is 5.82 Å². The van der Waals surface area contributed by atoms with Crippen molar-refractivity contribution < 1.29 is 9.13 Å². The van der Waals surface area contributed by atoms with E-state index in [0.29, 0.717) is 16.3 Å². The molecule has 0 radical (unpaired) electrons. The fraction of sp³-hybridized carbons (Fsp3) is 0.250. The molecule has 1 unspecified atom stereocenters. The second-order valence-electron chi connectivity index (χ2n) is 4.47. The first-order valence-corrected chi connectivity index (χ1v) is 6.88. The highest BCUT2D eigenvalue weighted by Gasteiger charge is 2.15. The molecule has 106 valence electrons. The van der Waals surface area contributed by atoms with Gasteiger partial charge in [0.2, 0.25) is 0 Å². The second-order valence-corrected chi connectivity index (χ2v) is 4.91. The maximum absolute atomic E-state index is 13.9. The highest BCUT2D eigenvalue weighted by Crippen LogP contribution is 2.32. The Morgan fingerprint density at radius 2 is 2.00 bits per heavy atom. The summed E-state index contributed by atoms with van der Waals surface area (Å²) < 4.78 is 19.2. The lowest BCUT2D eigenvalue weighted by Gasteiger charge is -2.21. The number of rotatable bonds is 5. The number of hydrogen-bond donors (Lipinski definition) is 1. The zero-order valence-corrected chi connectivity index (χ0v) is 12.2. The molecule has 0 fully saturated rings. The molecule has 0 heterocycles. The third kappa shape index (κ3) is 3.23. The van der Waals surface area contributed by atoms with Crippen LogP contribution in [-0.4, -0.2) is 7.11 Å². The molecule has 0 aromatic heterocycles. The van der Waals surface area contributed by atoms with E-state index < -0.39 is 0 Å². The van der Waals surface area contributed by atoms with Gasteiger partial charge in [0.05, 0.1) is 18.8 Å². The van der Waals surface area contributed by atoms with Crippen molar-refractivity contribution in [2.75, 3.05) is 12.4 Å². The van der Waals surface area contributed by atoms with Gasteiger partial charge < -0.3 is 10.1 Å². The van der Waals surface area contributed by atoms with Crippen LogP contribution in [0.25, 0.3) is 0 Å². The summed E-state index contributed by atoms with van der Waals surface area (Å²) in [4.78, 5) is 0. The van der Waals surface area contributed by atoms with Crippen molar-refractivity contribution in [2.24, 2.45) is 0 Å². The van der Waals surface area contributed by atoms with E-state index in [0.717, 1.165) is 12.1 Å². The zero-order valence-electron chi connectivity index (χ0n) is 11.5. The molecule has 0 bridgehead atoms. The van der Waals surface area contributed by atoms with E-state index in [1.54, 1.807) is 37.4 Å². The molecule has 0 amide bonds. The summed E-state index contributed by atoms with van der Waals surface area (Å²) in [5, 5.41) is 3.90. The van der Waals surface area contributed by atoms with Crippen LogP contribution in [0.15, 0.2) is 42.5 Å². The van der Waals surface area contributed by atoms with E-state index >= 15 is 0 Å². The molecule has 0 saturated heterocycles. The number of halogens is 2. The Kier molecular flexibility index (Phi) is 4.85. The number of hydrogen-bond acceptors (Lipinski definition) is 2. The van der Waals surface area contributed by atoms with Gasteiger partial charge in [-0.05, 0) is 30.7 Å². The molecule has 4 heteroatoms. The zero-order chi connectivity index (χ0) is 14.5. The second kappa shape index (κ2) is 6.62. The average molecular weight is 294 g/mol. The third-order valence-corrected chi connectivity index (χ3v) is 3.42. The monoisotopic (exact) mass is 293 g/mol. The van der Waals surface area contributed by atoms with Crippen molar-refractivity contribution in [3.63, 3.8) is 0 Å². The summed E-state index contributed by atoms with van der Waals surface area (Å²) in [5.41, 5.74) is 1.40. The lowest BCUT2D eigenvalue weighted by atomic mass is 10.0. The highest BCUT2D eigenvalue weighted by molar-refractivity contribution is 6.30. The number of anilines is 1. The van der Waals surface area contributed by atoms with Crippen LogP contribution < -0.4 is 10.1 Å². The van der Waals surface area contributed by atoms with E-state index in [4.69, 9.17) is 16.3 Å². The molecule has 0 aliphatic carbocycles. The van der Waals surface area contributed by atoms with Gasteiger partial charge in [0.1, 0.15) is 11.6 Å². The Labute approximate surface area is 123 Å². The molecule has 0 saturated carbocycles. The number of benzene rings is 2. The Morgan fingerprint density at radius 1 is 1.25 bits per heavy atom. The van der Waals surface area contributed by atoms with Crippen LogP contribution in [0.1, 0.15) is 24.9 Å². The molecule has 2 aromatic carbocycles. The van der Waals surface area contributed by atoms with E-state index in [1.807, 2.05) is 13.0 Å². The van der Waals surface area contributed by atoms with Gasteiger partial charge in [-0.15, -0.1) is 0 Å². The molecule has 1 N–H and O–H groups in total. The smallest absolute Gasteiger partial charge is 0.142 e. The Balaban J connectivity index is 2.31. The van der Waals surface area contributed by atoms with Gasteiger partial charge >= 0.3 is 0 Å². The van der Waals surface area contributed by atoms with Crippen LogP contribution in [-0.2, 0) is 0 Å². The fourth-order valence-electron chi connectivity index (χ4n) is 2.14. The molecular formula is C16H17ClFNO. The fourth-order valence-corrected chi connectivity index (χ4v) is 2.31. The summed E-state index contributed by atoms with van der Waals surface area (Å²) in [5.74, 6) is 0.469.